The van der Waals surface area contributed by atoms with Gasteiger partial charge in [-0.2, -0.15) is 0 Å². The van der Waals surface area contributed by atoms with Crippen LogP contribution in [0.1, 0.15) is 31.4 Å². The van der Waals surface area contributed by atoms with Gasteiger partial charge >= 0.3 is 0 Å². The molecule has 0 spiro atoms. The van der Waals surface area contributed by atoms with Gasteiger partial charge in [-0.3, -0.25) is 4.98 Å². The highest BCUT2D eigenvalue weighted by molar-refractivity contribution is 5.34. The molecule has 2 rings (SSSR count). The standard InChI is InChI=1S/C12H19N3/c13-11-5-6-12(15-8-11)9-14-7-1-2-10-3-4-10/h5-6,8,10,14H,1-4,7,9,13H2. The van der Waals surface area contributed by atoms with Crippen LogP contribution in [0.2, 0.25) is 0 Å². The molecule has 1 aliphatic rings. The number of hydrogen-bond donors (Lipinski definition) is 2. The molecule has 0 bridgehead atoms. The lowest BCUT2D eigenvalue weighted by atomic mass is 10.2. The van der Waals surface area contributed by atoms with E-state index < -0.39 is 0 Å². The molecule has 0 aromatic carbocycles. The zero-order valence-corrected chi connectivity index (χ0v) is 9.08. The third-order valence-electron chi connectivity index (χ3n) is 2.82. The molecule has 3 nitrogen and oxygen atoms in total. The van der Waals surface area contributed by atoms with Crippen molar-refractivity contribution < 1.29 is 0 Å². The molecule has 0 amide bonds. The quantitative estimate of drug-likeness (QED) is 0.698. The molecule has 0 saturated heterocycles. The Morgan fingerprint density at radius 2 is 2.27 bits per heavy atom. The summed E-state index contributed by atoms with van der Waals surface area (Å²) >= 11 is 0. The van der Waals surface area contributed by atoms with Gasteiger partial charge in [0.2, 0.25) is 0 Å². The van der Waals surface area contributed by atoms with Crippen LogP contribution in [0.4, 0.5) is 5.69 Å². The second-order valence-corrected chi connectivity index (χ2v) is 4.35. The number of nitrogens with zero attached hydrogens (tertiary/aromatic N) is 1. The first kappa shape index (κ1) is 10.4. The monoisotopic (exact) mass is 205 g/mol. The fourth-order valence-electron chi connectivity index (χ4n) is 1.68. The van der Waals surface area contributed by atoms with E-state index in [1.54, 1.807) is 6.20 Å². The highest BCUT2D eigenvalue weighted by atomic mass is 14.9. The van der Waals surface area contributed by atoms with Crippen molar-refractivity contribution >= 4 is 5.69 Å². The second-order valence-electron chi connectivity index (χ2n) is 4.35. The number of rotatable bonds is 6. The summed E-state index contributed by atoms with van der Waals surface area (Å²) in [5.74, 6) is 1.04. The first-order valence-electron chi connectivity index (χ1n) is 5.76. The van der Waals surface area contributed by atoms with Gasteiger partial charge in [0.15, 0.2) is 0 Å². The van der Waals surface area contributed by atoms with E-state index in [2.05, 4.69) is 10.3 Å². The second kappa shape index (κ2) is 5.12. The molecule has 15 heavy (non-hydrogen) atoms. The summed E-state index contributed by atoms with van der Waals surface area (Å²) in [6, 6.07) is 3.87. The summed E-state index contributed by atoms with van der Waals surface area (Å²) in [6.45, 7) is 1.95. The van der Waals surface area contributed by atoms with Crippen molar-refractivity contribution in [3.05, 3.63) is 24.0 Å². The van der Waals surface area contributed by atoms with Crippen molar-refractivity contribution in [3.8, 4) is 0 Å². The van der Waals surface area contributed by atoms with E-state index in [1.807, 2.05) is 12.1 Å². The molecular formula is C12H19N3. The topological polar surface area (TPSA) is 50.9 Å². The molecule has 3 N–H and O–H groups in total. The van der Waals surface area contributed by atoms with E-state index in [0.717, 1.165) is 30.4 Å². The number of aromatic nitrogens is 1. The lowest BCUT2D eigenvalue weighted by Crippen LogP contribution is -2.15. The number of nitrogens with one attached hydrogen (secondary N) is 1. The van der Waals surface area contributed by atoms with Crippen molar-refractivity contribution in [2.75, 3.05) is 12.3 Å². The van der Waals surface area contributed by atoms with Crippen LogP contribution in [0.5, 0.6) is 0 Å². The van der Waals surface area contributed by atoms with E-state index in [-0.39, 0.29) is 0 Å². The fourth-order valence-corrected chi connectivity index (χ4v) is 1.68. The smallest absolute Gasteiger partial charge is 0.0543 e. The highest BCUT2D eigenvalue weighted by Crippen LogP contribution is 2.33. The minimum Gasteiger partial charge on any atom is -0.397 e. The van der Waals surface area contributed by atoms with Gasteiger partial charge in [-0.15, -0.1) is 0 Å². The van der Waals surface area contributed by atoms with Crippen LogP contribution in [0, 0.1) is 5.92 Å². The summed E-state index contributed by atoms with van der Waals surface area (Å²) in [7, 11) is 0. The van der Waals surface area contributed by atoms with Crippen LogP contribution in [0.25, 0.3) is 0 Å². The zero-order chi connectivity index (χ0) is 10.5. The van der Waals surface area contributed by atoms with Crippen LogP contribution in [0.15, 0.2) is 18.3 Å². The molecule has 1 fully saturated rings. The minimum atomic E-state index is 0.729. The predicted octanol–water partition coefficient (Wildman–Crippen LogP) is 1.94. The van der Waals surface area contributed by atoms with Gasteiger partial charge in [0.1, 0.15) is 0 Å². The van der Waals surface area contributed by atoms with Gasteiger partial charge in [0.05, 0.1) is 17.6 Å². The van der Waals surface area contributed by atoms with Crippen LogP contribution in [-0.2, 0) is 6.54 Å². The Balaban J connectivity index is 1.58. The first-order chi connectivity index (χ1) is 7.34. The van der Waals surface area contributed by atoms with Crippen LogP contribution in [-0.4, -0.2) is 11.5 Å². The van der Waals surface area contributed by atoms with Gasteiger partial charge < -0.3 is 11.1 Å². The maximum absolute atomic E-state index is 5.56. The number of pyridine rings is 1. The van der Waals surface area contributed by atoms with Gasteiger partial charge in [0, 0.05) is 6.54 Å². The average Bonchev–Trinajstić information content (AvgIpc) is 3.04. The van der Waals surface area contributed by atoms with Gasteiger partial charge in [-0.1, -0.05) is 12.8 Å². The molecule has 0 radical (unpaired) electrons. The fraction of sp³-hybridized carbons (Fsp3) is 0.583. The summed E-state index contributed by atoms with van der Waals surface area (Å²) in [5.41, 5.74) is 7.35. The summed E-state index contributed by atoms with van der Waals surface area (Å²) in [5, 5.41) is 3.40. The Morgan fingerprint density at radius 3 is 2.93 bits per heavy atom. The maximum Gasteiger partial charge on any atom is 0.0543 e. The van der Waals surface area contributed by atoms with Crippen molar-refractivity contribution in [1.29, 1.82) is 0 Å². The number of anilines is 1. The molecule has 1 aliphatic carbocycles. The summed E-state index contributed by atoms with van der Waals surface area (Å²) in [6.07, 6.45) is 7.31. The van der Waals surface area contributed by atoms with Crippen molar-refractivity contribution in [3.63, 3.8) is 0 Å². The van der Waals surface area contributed by atoms with Crippen LogP contribution >= 0.6 is 0 Å². The SMILES string of the molecule is Nc1ccc(CNCCCC2CC2)nc1. The first-order valence-corrected chi connectivity index (χ1v) is 5.76. The van der Waals surface area contributed by atoms with Gasteiger partial charge in [-0.05, 0) is 37.4 Å². The molecule has 0 unspecified atom stereocenters. The summed E-state index contributed by atoms with van der Waals surface area (Å²) in [4.78, 5) is 4.24. The van der Waals surface area contributed by atoms with Gasteiger partial charge in [-0.25, -0.2) is 0 Å². The third kappa shape index (κ3) is 3.88. The normalized spacial score (nSPS) is 15.5. The maximum atomic E-state index is 5.56. The van der Waals surface area contributed by atoms with Crippen molar-refractivity contribution in [1.82, 2.24) is 10.3 Å². The van der Waals surface area contributed by atoms with Gasteiger partial charge in [0.25, 0.3) is 0 Å². The molecule has 82 valence electrons. The van der Waals surface area contributed by atoms with E-state index in [0.29, 0.717) is 0 Å². The zero-order valence-electron chi connectivity index (χ0n) is 9.08. The van der Waals surface area contributed by atoms with Crippen LogP contribution < -0.4 is 11.1 Å². The van der Waals surface area contributed by atoms with E-state index in [4.69, 9.17) is 5.73 Å². The summed E-state index contributed by atoms with van der Waals surface area (Å²) < 4.78 is 0. The number of hydrogen-bond acceptors (Lipinski definition) is 3. The largest absolute Gasteiger partial charge is 0.397 e. The molecule has 1 aromatic rings. The number of nitrogen functional groups attached to an aromatic ring is 1. The molecule has 1 aromatic heterocycles. The molecule has 1 saturated carbocycles. The average molecular weight is 205 g/mol. The van der Waals surface area contributed by atoms with E-state index >= 15 is 0 Å². The predicted molar refractivity (Wildman–Crippen MR) is 62.3 cm³/mol. The molecule has 1 heterocycles. The van der Waals surface area contributed by atoms with Crippen molar-refractivity contribution in [2.45, 2.75) is 32.2 Å². The lowest BCUT2D eigenvalue weighted by molar-refractivity contribution is 0.589. The minimum absolute atomic E-state index is 0.729. The Hall–Kier alpha value is -1.09. The molecule has 0 aliphatic heterocycles. The van der Waals surface area contributed by atoms with E-state index in [9.17, 15) is 0 Å². The van der Waals surface area contributed by atoms with Crippen molar-refractivity contribution in [2.24, 2.45) is 5.92 Å². The van der Waals surface area contributed by atoms with E-state index in [1.165, 1.54) is 25.7 Å². The third-order valence-corrected chi connectivity index (χ3v) is 2.82. The Labute approximate surface area is 91.1 Å². The Bertz CT molecular complexity index is 290. The molecule has 0 atom stereocenters. The lowest BCUT2D eigenvalue weighted by Gasteiger charge is -2.04. The highest BCUT2D eigenvalue weighted by Gasteiger charge is 2.19. The Kier molecular flexibility index (Phi) is 3.56. The Morgan fingerprint density at radius 1 is 1.40 bits per heavy atom. The molecule has 3 heteroatoms. The molecular weight excluding hydrogens is 186 g/mol. The number of nitrogens with two attached hydrogens (primary N) is 1. The van der Waals surface area contributed by atoms with Crippen LogP contribution in [0.3, 0.4) is 0 Å².